The van der Waals surface area contributed by atoms with Crippen molar-refractivity contribution in [3.05, 3.63) is 40.7 Å². The van der Waals surface area contributed by atoms with Gasteiger partial charge in [0.25, 0.3) is 0 Å². The van der Waals surface area contributed by atoms with Crippen LogP contribution in [0.4, 0.5) is 0 Å². The van der Waals surface area contributed by atoms with Gasteiger partial charge >= 0.3 is 7.12 Å². The molecule has 2 N–H and O–H groups in total. The SMILES string of the molecule is CCn1ncc(Cl)c1COc1cccc(B(O)O)c1C=O. The molecule has 0 unspecified atom stereocenters. The van der Waals surface area contributed by atoms with E-state index in [1.54, 1.807) is 16.8 Å². The van der Waals surface area contributed by atoms with Crippen LogP contribution in [0, 0.1) is 0 Å². The molecule has 0 amide bonds. The van der Waals surface area contributed by atoms with Crippen molar-refractivity contribution < 1.29 is 19.6 Å². The Bertz CT molecular complexity index is 645. The number of rotatable bonds is 6. The molecule has 0 fully saturated rings. The second kappa shape index (κ2) is 6.75. The lowest BCUT2D eigenvalue weighted by atomic mass is 9.77. The van der Waals surface area contributed by atoms with Crippen LogP contribution in [0.3, 0.4) is 0 Å². The van der Waals surface area contributed by atoms with Gasteiger partial charge in [-0.05, 0) is 18.5 Å². The highest BCUT2D eigenvalue weighted by Gasteiger charge is 2.19. The summed E-state index contributed by atoms with van der Waals surface area (Å²) in [5, 5.41) is 23.1. The molecule has 0 radical (unpaired) electrons. The normalized spacial score (nSPS) is 10.5. The quantitative estimate of drug-likeness (QED) is 0.604. The minimum absolute atomic E-state index is 0.0950. The Morgan fingerprint density at radius 1 is 1.48 bits per heavy atom. The summed E-state index contributed by atoms with van der Waals surface area (Å²) in [5.41, 5.74) is 0.884. The zero-order chi connectivity index (χ0) is 15.4. The highest BCUT2D eigenvalue weighted by Crippen LogP contribution is 2.20. The van der Waals surface area contributed by atoms with E-state index in [2.05, 4.69) is 5.10 Å². The van der Waals surface area contributed by atoms with Gasteiger partial charge in [-0.3, -0.25) is 9.48 Å². The third-order valence-corrected chi connectivity index (χ3v) is 3.37. The van der Waals surface area contributed by atoms with Crippen molar-refractivity contribution >= 4 is 30.5 Å². The molecule has 0 bridgehead atoms. The summed E-state index contributed by atoms with van der Waals surface area (Å²) >= 11 is 6.03. The first kappa shape index (κ1) is 15.6. The molecule has 0 aliphatic rings. The number of halogens is 1. The molecule has 0 aliphatic heterocycles. The molecule has 1 aromatic heterocycles. The van der Waals surface area contributed by atoms with Crippen LogP contribution in [0.15, 0.2) is 24.4 Å². The van der Waals surface area contributed by atoms with E-state index >= 15 is 0 Å². The largest absolute Gasteiger partial charge is 0.489 e. The third-order valence-electron chi connectivity index (χ3n) is 3.06. The third kappa shape index (κ3) is 3.26. The van der Waals surface area contributed by atoms with E-state index in [-0.39, 0.29) is 23.4 Å². The summed E-state index contributed by atoms with van der Waals surface area (Å²) in [6.45, 7) is 2.69. The van der Waals surface area contributed by atoms with E-state index in [4.69, 9.17) is 16.3 Å². The fourth-order valence-corrected chi connectivity index (χ4v) is 2.18. The van der Waals surface area contributed by atoms with Crippen LogP contribution in [0.2, 0.25) is 5.02 Å². The Balaban J connectivity index is 2.26. The number of benzene rings is 1. The first-order valence-corrected chi connectivity index (χ1v) is 6.73. The molecule has 0 atom stereocenters. The summed E-state index contributed by atoms with van der Waals surface area (Å²) < 4.78 is 7.28. The molecular weight excluding hydrogens is 294 g/mol. The number of aldehydes is 1. The average Bonchev–Trinajstić information content (AvgIpc) is 2.84. The van der Waals surface area contributed by atoms with Gasteiger partial charge in [-0.2, -0.15) is 5.10 Å². The number of hydrogen-bond donors (Lipinski definition) is 2. The summed E-state index contributed by atoms with van der Waals surface area (Å²) in [4.78, 5) is 11.2. The van der Waals surface area contributed by atoms with Crippen LogP contribution in [0.25, 0.3) is 0 Å². The van der Waals surface area contributed by atoms with Crippen molar-refractivity contribution in [1.29, 1.82) is 0 Å². The van der Waals surface area contributed by atoms with Gasteiger partial charge in [-0.25, -0.2) is 0 Å². The lowest BCUT2D eigenvalue weighted by Crippen LogP contribution is -2.33. The average molecular weight is 309 g/mol. The number of carbonyl (C=O) groups excluding carboxylic acids is 1. The topological polar surface area (TPSA) is 84.6 Å². The van der Waals surface area contributed by atoms with E-state index in [0.717, 1.165) is 0 Å². The first-order chi connectivity index (χ1) is 10.1. The summed E-state index contributed by atoms with van der Waals surface area (Å²) in [5.74, 6) is 0.260. The molecule has 6 nitrogen and oxygen atoms in total. The van der Waals surface area contributed by atoms with Gasteiger partial charge in [0.05, 0.1) is 22.5 Å². The Morgan fingerprint density at radius 2 is 2.24 bits per heavy atom. The van der Waals surface area contributed by atoms with Gasteiger partial charge in [-0.15, -0.1) is 0 Å². The fourth-order valence-electron chi connectivity index (χ4n) is 1.99. The molecule has 1 aromatic carbocycles. The van der Waals surface area contributed by atoms with Gasteiger partial charge in [0, 0.05) is 6.54 Å². The Labute approximate surface area is 127 Å². The van der Waals surface area contributed by atoms with E-state index in [0.29, 0.717) is 23.5 Å². The smallest absolute Gasteiger partial charge is 0.487 e. The summed E-state index contributed by atoms with van der Waals surface area (Å²) in [7, 11) is -1.74. The van der Waals surface area contributed by atoms with Crippen LogP contribution >= 0.6 is 11.6 Å². The maximum Gasteiger partial charge on any atom is 0.489 e. The molecule has 1 heterocycles. The van der Waals surface area contributed by atoms with Gasteiger partial charge in [-0.1, -0.05) is 23.7 Å². The van der Waals surface area contributed by atoms with Crippen LogP contribution < -0.4 is 10.2 Å². The van der Waals surface area contributed by atoms with Crippen molar-refractivity contribution in [2.24, 2.45) is 0 Å². The van der Waals surface area contributed by atoms with E-state index in [1.165, 1.54) is 12.3 Å². The number of hydrogen-bond acceptors (Lipinski definition) is 5. The van der Waals surface area contributed by atoms with E-state index < -0.39 is 7.12 Å². The predicted octanol–water partition coefficient (Wildman–Crippen LogP) is 0.628. The van der Waals surface area contributed by atoms with Gasteiger partial charge in [0.1, 0.15) is 12.4 Å². The van der Waals surface area contributed by atoms with Gasteiger partial charge in [0.15, 0.2) is 6.29 Å². The van der Waals surface area contributed by atoms with Crippen molar-refractivity contribution in [2.75, 3.05) is 0 Å². The first-order valence-electron chi connectivity index (χ1n) is 6.35. The standard InChI is InChI=1S/C13H14BClN2O4/c1-2-17-12(11(15)6-16-17)8-21-13-5-3-4-10(14(19)20)9(13)7-18/h3-7,19-20H,2,8H2,1H3. The molecule has 0 aliphatic carbocycles. The maximum absolute atomic E-state index is 11.2. The maximum atomic E-state index is 11.2. The van der Waals surface area contributed by atoms with Crippen LogP contribution in [-0.4, -0.2) is 33.2 Å². The second-order valence-electron chi connectivity index (χ2n) is 4.29. The van der Waals surface area contributed by atoms with Crippen molar-refractivity contribution in [1.82, 2.24) is 9.78 Å². The number of nitrogens with zero attached hydrogens (tertiary/aromatic N) is 2. The summed E-state index contributed by atoms with van der Waals surface area (Å²) in [6, 6.07) is 4.61. The molecular formula is C13H14BClN2O4. The molecule has 2 rings (SSSR count). The van der Waals surface area contributed by atoms with Crippen molar-refractivity contribution in [2.45, 2.75) is 20.1 Å². The highest BCUT2D eigenvalue weighted by atomic mass is 35.5. The monoisotopic (exact) mass is 308 g/mol. The molecule has 0 saturated heterocycles. The molecule has 0 saturated carbocycles. The Hall–Kier alpha value is -1.83. The molecule has 21 heavy (non-hydrogen) atoms. The zero-order valence-electron chi connectivity index (χ0n) is 11.4. The van der Waals surface area contributed by atoms with Crippen molar-refractivity contribution in [3.8, 4) is 5.75 Å². The molecule has 0 spiro atoms. The minimum Gasteiger partial charge on any atom is -0.487 e. The van der Waals surface area contributed by atoms with Gasteiger partial charge < -0.3 is 14.8 Å². The van der Waals surface area contributed by atoms with Gasteiger partial charge in [0.2, 0.25) is 0 Å². The predicted molar refractivity (Wildman–Crippen MR) is 78.9 cm³/mol. The lowest BCUT2D eigenvalue weighted by Gasteiger charge is -2.12. The van der Waals surface area contributed by atoms with Crippen LogP contribution in [0.1, 0.15) is 23.0 Å². The van der Waals surface area contributed by atoms with Crippen LogP contribution in [-0.2, 0) is 13.2 Å². The van der Waals surface area contributed by atoms with Crippen molar-refractivity contribution in [3.63, 3.8) is 0 Å². The molecule has 2 aromatic rings. The Kier molecular flexibility index (Phi) is 5.00. The number of carbonyl (C=O) groups is 1. The number of aromatic nitrogens is 2. The molecule has 110 valence electrons. The minimum atomic E-state index is -1.74. The molecule has 8 heteroatoms. The van der Waals surface area contributed by atoms with E-state index in [1.807, 2.05) is 6.92 Å². The van der Waals surface area contributed by atoms with Crippen LogP contribution in [0.5, 0.6) is 5.75 Å². The van der Waals surface area contributed by atoms with E-state index in [9.17, 15) is 14.8 Å². The highest BCUT2D eigenvalue weighted by molar-refractivity contribution is 6.60. The zero-order valence-corrected chi connectivity index (χ0v) is 12.1. The second-order valence-corrected chi connectivity index (χ2v) is 4.70. The fraction of sp³-hybridized carbons (Fsp3) is 0.231. The summed E-state index contributed by atoms with van der Waals surface area (Å²) in [6.07, 6.45) is 2.06. The number of ether oxygens (including phenoxy) is 1. The lowest BCUT2D eigenvalue weighted by molar-refractivity contribution is 0.111. The number of aryl methyl sites for hydroxylation is 1. The Morgan fingerprint density at radius 3 is 2.86 bits per heavy atom.